The highest BCUT2D eigenvalue weighted by Crippen LogP contribution is 2.19. The van der Waals surface area contributed by atoms with Crippen molar-refractivity contribution >= 4 is 21.6 Å². The molecule has 1 aliphatic heterocycles. The molecule has 1 saturated heterocycles. The van der Waals surface area contributed by atoms with E-state index < -0.39 is 15.8 Å². The molecule has 1 heterocycles. The van der Waals surface area contributed by atoms with E-state index in [1.165, 1.54) is 6.07 Å². The number of hydrogen-bond donors (Lipinski definition) is 1. The lowest BCUT2D eigenvalue weighted by Crippen LogP contribution is -2.48. The minimum atomic E-state index is -3.74. The predicted molar refractivity (Wildman–Crippen MR) is 87.6 cm³/mol. The summed E-state index contributed by atoms with van der Waals surface area (Å²) in [5.41, 5.74) is 0. The smallest absolute Gasteiger partial charge is 0.240 e. The lowest BCUT2D eigenvalue weighted by Gasteiger charge is -2.33. The quantitative estimate of drug-likeness (QED) is 0.840. The molecule has 1 aromatic carbocycles. The third-order valence-electron chi connectivity index (χ3n) is 3.55. The molecule has 0 amide bonds. The first-order chi connectivity index (χ1) is 10.8. The van der Waals surface area contributed by atoms with Crippen molar-refractivity contribution in [2.45, 2.75) is 24.8 Å². The number of nitrogens with one attached hydrogen (secondary N) is 1. The molecule has 1 unspecified atom stereocenters. The summed E-state index contributed by atoms with van der Waals surface area (Å²) in [4.78, 5) is 2.21. The van der Waals surface area contributed by atoms with Crippen molar-refractivity contribution in [3.63, 3.8) is 0 Å². The summed E-state index contributed by atoms with van der Waals surface area (Å²) < 4.78 is 45.7. The second kappa shape index (κ2) is 7.90. The van der Waals surface area contributed by atoms with Crippen LogP contribution in [-0.4, -0.2) is 52.2 Å². The molecule has 1 aromatic rings. The number of morpholine rings is 1. The SMILES string of the molecule is CC(C)CN1CCOC(CNS(=O)(=O)c2ccc(F)c(Cl)c2)C1. The largest absolute Gasteiger partial charge is 0.374 e. The fourth-order valence-electron chi connectivity index (χ4n) is 2.52. The van der Waals surface area contributed by atoms with Crippen LogP contribution < -0.4 is 4.72 Å². The van der Waals surface area contributed by atoms with E-state index in [2.05, 4.69) is 23.5 Å². The molecule has 5 nitrogen and oxygen atoms in total. The Morgan fingerprint density at radius 2 is 2.22 bits per heavy atom. The average molecular weight is 365 g/mol. The van der Waals surface area contributed by atoms with Gasteiger partial charge in [0.05, 0.1) is 22.6 Å². The fraction of sp³-hybridized carbons (Fsp3) is 0.600. The Kier molecular flexibility index (Phi) is 6.39. The molecule has 2 rings (SSSR count). The lowest BCUT2D eigenvalue weighted by molar-refractivity contribution is -0.0280. The molecule has 0 radical (unpaired) electrons. The first-order valence-corrected chi connectivity index (χ1v) is 9.42. The van der Waals surface area contributed by atoms with Crippen LogP contribution in [0.25, 0.3) is 0 Å². The van der Waals surface area contributed by atoms with Gasteiger partial charge in [0.25, 0.3) is 0 Å². The van der Waals surface area contributed by atoms with Gasteiger partial charge in [0.2, 0.25) is 10.0 Å². The Morgan fingerprint density at radius 1 is 1.48 bits per heavy atom. The van der Waals surface area contributed by atoms with Gasteiger partial charge in [-0.05, 0) is 24.1 Å². The van der Waals surface area contributed by atoms with E-state index in [0.717, 1.165) is 25.2 Å². The highest BCUT2D eigenvalue weighted by Gasteiger charge is 2.23. The van der Waals surface area contributed by atoms with Crippen molar-refractivity contribution in [3.8, 4) is 0 Å². The lowest BCUT2D eigenvalue weighted by atomic mass is 10.2. The van der Waals surface area contributed by atoms with Gasteiger partial charge in [-0.15, -0.1) is 0 Å². The minimum Gasteiger partial charge on any atom is -0.374 e. The first kappa shape index (κ1) is 18.6. The predicted octanol–water partition coefficient (Wildman–Crippen LogP) is 2.11. The second-order valence-corrected chi connectivity index (χ2v) is 8.25. The highest BCUT2D eigenvalue weighted by molar-refractivity contribution is 7.89. The standard InChI is InChI=1S/C15H22ClFN2O3S/c1-11(2)9-19-5-6-22-12(10-19)8-18-23(20,21)13-3-4-15(17)14(16)7-13/h3-4,7,11-12,18H,5-6,8-10H2,1-2H3. The Balaban J connectivity index is 1.94. The third-order valence-corrected chi connectivity index (χ3v) is 5.26. The molecule has 1 fully saturated rings. The van der Waals surface area contributed by atoms with Crippen LogP contribution in [0.1, 0.15) is 13.8 Å². The van der Waals surface area contributed by atoms with Gasteiger partial charge in [-0.3, -0.25) is 4.90 Å². The van der Waals surface area contributed by atoms with Crippen molar-refractivity contribution in [1.29, 1.82) is 0 Å². The van der Waals surface area contributed by atoms with Gasteiger partial charge < -0.3 is 4.74 Å². The van der Waals surface area contributed by atoms with Crippen LogP contribution in [0, 0.1) is 11.7 Å². The van der Waals surface area contributed by atoms with E-state index in [-0.39, 0.29) is 22.6 Å². The van der Waals surface area contributed by atoms with Gasteiger partial charge in [-0.2, -0.15) is 0 Å². The Bertz CT molecular complexity index is 640. The fourth-order valence-corrected chi connectivity index (χ4v) is 3.85. The van der Waals surface area contributed by atoms with Crippen molar-refractivity contribution in [2.24, 2.45) is 5.92 Å². The molecule has 1 atom stereocenters. The number of hydrogen-bond acceptors (Lipinski definition) is 4. The maximum atomic E-state index is 13.1. The van der Waals surface area contributed by atoms with E-state index in [9.17, 15) is 12.8 Å². The molecule has 0 aliphatic carbocycles. The van der Waals surface area contributed by atoms with E-state index in [0.29, 0.717) is 19.1 Å². The molecule has 1 aliphatic rings. The highest BCUT2D eigenvalue weighted by atomic mass is 35.5. The van der Waals surface area contributed by atoms with Gasteiger partial charge in [-0.1, -0.05) is 25.4 Å². The number of ether oxygens (including phenoxy) is 1. The van der Waals surface area contributed by atoms with E-state index in [1.807, 2.05) is 0 Å². The average Bonchev–Trinajstić information content (AvgIpc) is 2.48. The van der Waals surface area contributed by atoms with Crippen LogP contribution in [0.15, 0.2) is 23.1 Å². The van der Waals surface area contributed by atoms with Gasteiger partial charge >= 0.3 is 0 Å². The van der Waals surface area contributed by atoms with Gasteiger partial charge in [0.15, 0.2) is 0 Å². The Morgan fingerprint density at radius 3 is 2.87 bits per heavy atom. The minimum absolute atomic E-state index is 0.0567. The summed E-state index contributed by atoms with van der Waals surface area (Å²) in [5, 5.41) is -0.218. The summed E-state index contributed by atoms with van der Waals surface area (Å²) in [7, 11) is -3.74. The third kappa shape index (κ3) is 5.39. The zero-order valence-corrected chi connectivity index (χ0v) is 14.8. The van der Waals surface area contributed by atoms with Gasteiger partial charge in [-0.25, -0.2) is 17.5 Å². The van der Waals surface area contributed by atoms with Crippen LogP contribution in [0.2, 0.25) is 5.02 Å². The van der Waals surface area contributed by atoms with Crippen LogP contribution in [0.3, 0.4) is 0 Å². The van der Waals surface area contributed by atoms with Gasteiger partial charge in [0, 0.05) is 26.2 Å². The summed E-state index contributed by atoms with van der Waals surface area (Å²) in [5.74, 6) is -0.0997. The summed E-state index contributed by atoms with van der Waals surface area (Å²) in [6.45, 7) is 7.55. The van der Waals surface area contributed by atoms with Crippen molar-refractivity contribution in [2.75, 3.05) is 32.8 Å². The molecule has 0 saturated carbocycles. The number of benzene rings is 1. The summed E-state index contributed by atoms with van der Waals surface area (Å²) in [6.07, 6.45) is -0.201. The van der Waals surface area contributed by atoms with Crippen molar-refractivity contribution in [1.82, 2.24) is 9.62 Å². The molecule has 0 bridgehead atoms. The maximum absolute atomic E-state index is 13.1. The normalized spacial score (nSPS) is 20.1. The molecule has 23 heavy (non-hydrogen) atoms. The second-order valence-electron chi connectivity index (χ2n) is 6.07. The molecule has 8 heteroatoms. The summed E-state index contributed by atoms with van der Waals surface area (Å²) >= 11 is 5.64. The first-order valence-electron chi connectivity index (χ1n) is 7.56. The van der Waals surface area contributed by atoms with Crippen LogP contribution in [0.5, 0.6) is 0 Å². The Labute approximate surface area is 141 Å². The molecule has 0 aromatic heterocycles. The maximum Gasteiger partial charge on any atom is 0.240 e. The zero-order valence-electron chi connectivity index (χ0n) is 13.3. The molecule has 130 valence electrons. The zero-order chi connectivity index (χ0) is 17.0. The topological polar surface area (TPSA) is 58.6 Å². The van der Waals surface area contributed by atoms with Crippen molar-refractivity contribution < 1.29 is 17.5 Å². The molecule has 0 spiro atoms. The van der Waals surface area contributed by atoms with E-state index >= 15 is 0 Å². The number of halogens is 2. The number of sulfonamides is 1. The van der Waals surface area contributed by atoms with Gasteiger partial charge in [0.1, 0.15) is 5.82 Å². The molecular formula is C15H22ClFN2O3S. The van der Waals surface area contributed by atoms with E-state index in [1.54, 1.807) is 0 Å². The molecule has 1 N–H and O–H groups in total. The van der Waals surface area contributed by atoms with E-state index in [4.69, 9.17) is 16.3 Å². The van der Waals surface area contributed by atoms with Crippen LogP contribution >= 0.6 is 11.6 Å². The number of nitrogens with zero attached hydrogens (tertiary/aromatic N) is 1. The van der Waals surface area contributed by atoms with Crippen LogP contribution in [-0.2, 0) is 14.8 Å². The van der Waals surface area contributed by atoms with Crippen LogP contribution in [0.4, 0.5) is 4.39 Å². The van der Waals surface area contributed by atoms with Crippen molar-refractivity contribution in [3.05, 3.63) is 29.0 Å². The molecular weight excluding hydrogens is 343 g/mol. The summed E-state index contributed by atoms with van der Waals surface area (Å²) in [6, 6.07) is 3.33. The number of rotatable bonds is 6. The Hall–Kier alpha value is -0.730. The monoisotopic (exact) mass is 364 g/mol.